The monoisotopic (exact) mass is 418 g/mol. The van der Waals surface area contributed by atoms with Gasteiger partial charge in [-0.1, -0.05) is 24.6 Å². The van der Waals surface area contributed by atoms with Gasteiger partial charge in [0.25, 0.3) is 5.91 Å². The molecule has 156 valence electrons. The van der Waals surface area contributed by atoms with E-state index in [9.17, 15) is 17.6 Å². The van der Waals surface area contributed by atoms with Gasteiger partial charge < -0.3 is 5.32 Å². The molecular weight excluding hydrogens is 391 g/mol. The predicted molar refractivity (Wildman–Crippen MR) is 111 cm³/mol. The van der Waals surface area contributed by atoms with Crippen molar-refractivity contribution in [1.29, 1.82) is 0 Å². The Morgan fingerprint density at radius 1 is 1.17 bits per heavy atom. The lowest BCUT2D eigenvalue weighted by molar-refractivity contribution is 0.0939. The Balaban J connectivity index is 1.84. The van der Waals surface area contributed by atoms with Crippen molar-refractivity contribution in [3.63, 3.8) is 0 Å². The lowest BCUT2D eigenvalue weighted by Gasteiger charge is -2.32. The third-order valence-corrected chi connectivity index (χ3v) is 7.53. The van der Waals surface area contributed by atoms with E-state index in [2.05, 4.69) is 5.32 Å². The molecule has 0 aliphatic carbocycles. The van der Waals surface area contributed by atoms with Crippen LogP contribution < -0.4 is 5.32 Å². The van der Waals surface area contributed by atoms with E-state index in [0.717, 1.165) is 24.8 Å². The number of nitrogens with one attached hydrogen (secondary N) is 1. The third kappa shape index (κ3) is 4.67. The molecule has 2 atom stereocenters. The molecule has 2 unspecified atom stereocenters. The lowest BCUT2D eigenvalue weighted by Crippen LogP contribution is -2.42. The van der Waals surface area contributed by atoms with E-state index in [-0.39, 0.29) is 28.7 Å². The van der Waals surface area contributed by atoms with Gasteiger partial charge in [0.2, 0.25) is 10.0 Å². The normalized spacial score (nSPS) is 19.0. The van der Waals surface area contributed by atoms with Crippen molar-refractivity contribution in [3.05, 3.63) is 65.0 Å². The third-order valence-electron chi connectivity index (χ3n) is 5.52. The van der Waals surface area contributed by atoms with Gasteiger partial charge in [-0.3, -0.25) is 4.79 Å². The number of carbonyl (C=O) groups excluding carboxylic acids is 1. The van der Waals surface area contributed by atoms with E-state index < -0.39 is 10.0 Å². The van der Waals surface area contributed by atoms with Gasteiger partial charge in [0, 0.05) is 18.2 Å². The van der Waals surface area contributed by atoms with Gasteiger partial charge in [-0.15, -0.1) is 0 Å². The van der Waals surface area contributed by atoms with Crippen LogP contribution in [-0.4, -0.2) is 31.2 Å². The number of amides is 1. The molecule has 7 heteroatoms. The van der Waals surface area contributed by atoms with E-state index in [0.29, 0.717) is 17.7 Å². The summed E-state index contributed by atoms with van der Waals surface area (Å²) in [4.78, 5) is 13.0. The minimum absolute atomic E-state index is 0.0502. The van der Waals surface area contributed by atoms with Gasteiger partial charge in [-0.05, 0) is 69.0 Å². The summed E-state index contributed by atoms with van der Waals surface area (Å²) in [6.07, 6.45) is 2.71. The molecule has 0 bridgehead atoms. The Labute approximate surface area is 172 Å². The van der Waals surface area contributed by atoms with Crippen LogP contribution in [0.4, 0.5) is 4.39 Å². The summed E-state index contributed by atoms with van der Waals surface area (Å²) in [5, 5.41) is 2.87. The van der Waals surface area contributed by atoms with Crippen LogP contribution in [-0.2, 0) is 10.0 Å². The molecule has 2 aromatic carbocycles. The first-order valence-corrected chi connectivity index (χ1v) is 11.3. The smallest absolute Gasteiger partial charge is 0.252 e. The fourth-order valence-corrected chi connectivity index (χ4v) is 5.41. The quantitative estimate of drug-likeness (QED) is 0.792. The second kappa shape index (κ2) is 8.63. The van der Waals surface area contributed by atoms with Crippen molar-refractivity contribution >= 4 is 15.9 Å². The van der Waals surface area contributed by atoms with Crippen molar-refractivity contribution in [2.24, 2.45) is 0 Å². The summed E-state index contributed by atoms with van der Waals surface area (Å²) >= 11 is 0. The first-order valence-electron chi connectivity index (χ1n) is 9.89. The molecule has 2 aromatic rings. The molecule has 3 rings (SSSR count). The van der Waals surface area contributed by atoms with Crippen molar-refractivity contribution in [3.8, 4) is 0 Å². The molecule has 1 amide bonds. The summed E-state index contributed by atoms with van der Waals surface area (Å²) in [5.41, 5.74) is 1.78. The molecule has 0 saturated carbocycles. The standard InChI is InChI=1S/C22H27FN2O3S/c1-15-7-12-20(29(27,28)25-13-5-4-6-16(25)2)14-21(15)22(26)24-17(3)18-8-10-19(23)11-9-18/h7-12,14,16-17H,4-6,13H2,1-3H3,(H,24,26). The highest BCUT2D eigenvalue weighted by atomic mass is 32.2. The van der Waals surface area contributed by atoms with Crippen LogP contribution in [0, 0.1) is 12.7 Å². The number of halogens is 1. The van der Waals surface area contributed by atoms with E-state index in [1.54, 1.807) is 38.1 Å². The van der Waals surface area contributed by atoms with E-state index in [4.69, 9.17) is 0 Å². The zero-order valence-electron chi connectivity index (χ0n) is 17.0. The highest BCUT2D eigenvalue weighted by Gasteiger charge is 2.31. The highest BCUT2D eigenvalue weighted by Crippen LogP contribution is 2.26. The first-order chi connectivity index (χ1) is 13.7. The maximum Gasteiger partial charge on any atom is 0.252 e. The van der Waals surface area contributed by atoms with Crippen LogP contribution in [0.25, 0.3) is 0 Å². The lowest BCUT2D eigenvalue weighted by atomic mass is 10.1. The van der Waals surface area contributed by atoms with Gasteiger partial charge in [0.05, 0.1) is 10.9 Å². The van der Waals surface area contributed by atoms with Crippen LogP contribution in [0.5, 0.6) is 0 Å². The SMILES string of the molecule is Cc1ccc(S(=O)(=O)N2CCCCC2C)cc1C(=O)NC(C)c1ccc(F)cc1. The summed E-state index contributed by atoms with van der Waals surface area (Å²) < 4.78 is 40.9. The summed E-state index contributed by atoms with van der Waals surface area (Å²) in [6.45, 7) is 6.00. The maximum absolute atomic E-state index is 13.1. The van der Waals surface area contributed by atoms with Gasteiger partial charge in [0.1, 0.15) is 5.82 Å². The molecule has 0 aromatic heterocycles. The summed E-state index contributed by atoms with van der Waals surface area (Å²) in [5.74, 6) is -0.698. The Kier molecular flexibility index (Phi) is 6.39. The van der Waals surface area contributed by atoms with E-state index in [1.165, 1.54) is 22.5 Å². The fraction of sp³-hybridized carbons (Fsp3) is 0.409. The second-order valence-corrected chi connectivity index (χ2v) is 9.57. The molecule has 5 nitrogen and oxygen atoms in total. The number of rotatable bonds is 5. The Bertz CT molecular complexity index is 990. The first kappa shape index (κ1) is 21.5. The number of nitrogens with zero attached hydrogens (tertiary/aromatic N) is 1. The zero-order chi connectivity index (χ0) is 21.2. The largest absolute Gasteiger partial charge is 0.346 e. The minimum Gasteiger partial charge on any atom is -0.346 e. The van der Waals surface area contributed by atoms with E-state index in [1.807, 2.05) is 6.92 Å². The van der Waals surface area contributed by atoms with Crippen LogP contribution in [0.1, 0.15) is 60.6 Å². The molecule has 1 aliphatic heterocycles. The maximum atomic E-state index is 13.1. The fourth-order valence-electron chi connectivity index (χ4n) is 3.68. The summed E-state index contributed by atoms with van der Waals surface area (Å²) in [6, 6.07) is 10.2. The minimum atomic E-state index is -3.66. The number of piperidine rings is 1. The van der Waals surface area contributed by atoms with Crippen LogP contribution >= 0.6 is 0 Å². The van der Waals surface area contributed by atoms with Gasteiger partial charge in [0.15, 0.2) is 0 Å². The molecule has 0 radical (unpaired) electrons. The Hall–Kier alpha value is -2.25. The van der Waals surface area contributed by atoms with Crippen molar-refractivity contribution in [2.75, 3.05) is 6.54 Å². The predicted octanol–water partition coefficient (Wildman–Crippen LogP) is 4.19. The van der Waals surface area contributed by atoms with E-state index >= 15 is 0 Å². The highest BCUT2D eigenvalue weighted by molar-refractivity contribution is 7.89. The number of hydrogen-bond donors (Lipinski definition) is 1. The Morgan fingerprint density at radius 3 is 2.52 bits per heavy atom. The molecule has 1 saturated heterocycles. The second-order valence-electron chi connectivity index (χ2n) is 7.68. The van der Waals surface area contributed by atoms with Crippen LogP contribution in [0.3, 0.4) is 0 Å². The number of aryl methyl sites for hydroxylation is 1. The number of hydrogen-bond acceptors (Lipinski definition) is 3. The molecule has 29 heavy (non-hydrogen) atoms. The van der Waals surface area contributed by atoms with Crippen LogP contribution in [0.2, 0.25) is 0 Å². The number of carbonyl (C=O) groups is 1. The van der Waals surface area contributed by atoms with Crippen molar-refractivity contribution in [1.82, 2.24) is 9.62 Å². The molecule has 0 spiro atoms. The average Bonchev–Trinajstić information content (AvgIpc) is 2.68. The zero-order valence-corrected chi connectivity index (χ0v) is 17.8. The van der Waals surface area contributed by atoms with Crippen LogP contribution in [0.15, 0.2) is 47.4 Å². The molecular formula is C22H27FN2O3S. The topological polar surface area (TPSA) is 66.5 Å². The molecule has 1 heterocycles. The Morgan fingerprint density at radius 2 is 1.86 bits per heavy atom. The van der Waals surface area contributed by atoms with Crippen molar-refractivity contribution in [2.45, 2.75) is 57.0 Å². The molecule has 1 N–H and O–H groups in total. The average molecular weight is 419 g/mol. The molecule has 1 aliphatic rings. The van der Waals surface area contributed by atoms with Gasteiger partial charge >= 0.3 is 0 Å². The van der Waals surface area contributed by atoms with Gasteiger partial charge in [-0.2, -0.15) is 4.31 Å². The summed E-state index contributed by atoms with van der Waals surface area (Å²) in [7, 11) is -3.66. The van der Waals surface area contributed by atoms with Crippen molar-refractivity contribution < 1.29 is 17.6 Å². The molecule has 1 fully saturated rings. The number of benzene rings is 2. The van der Waals surface area contributed by atoms with Gasteiger partial charge in [-0.25, -0.2) is 12.8 Å². The number of sulfonamides is 1.